The van der Waals surface area contributed by atoms with E-state index in [9.17, 15) is 0 Å². The second-order valence-corrected chi connectivity index (χ2v) is 4.17. The molecule has 0 aromatic carbocycles. The molecule has 0 unspecified atom stereocenters. The lowest BCUT2D eigenvalue weighted by atomic mass is 10.4. The number of hydrogen-bond donors (Lipinski definition) is 0. The Bertz CT molecular complexity index is 473. The van der Waals surface area contributed by atoms with E-state index in [1.807, 2.05) is 12.3 Å². The van der Waals surface area contributed by atoms with Crippen LogP contribution < -0.4 is 0 Å². The molecule has 14 heavy (non-hydrogen) atoms. The Morgan fingerprint density at radius 1 is 1.43 bits per heavy atom. The van der Waals surface area contributed by atoms with Crippen molar-refractivity contribution in [2.75, 3.05) is 0 Å². The van der Waals surface area contributed by atoms with Crippen molar-refractivity contribution in [2.24, 2.45) is 5.92 Å². The van der Waals surface area contributed by atoms with E-state index in [1.165, 1.54) is 19.2 Å². The maximum absolute atomic E-state index is 6.04. The highest BCUT2D eigenvalue weighted by Gasteiger charge is 2.22. The molecule has 0 aliphatic heterocycles. The molecule has 0 saturated heterocycles. The zero-order valence-electron chi connectivity index (χ0n) is 7.65. The van der Waals surface area contributed by atoms with E-state index >= 15 is 0 Å². The third-order valence-electron chi connectivity index (χ3n) is 2.66. The van der Waals surface area contributed by atoms with Gasteiger partial charge in [-0.2, -0.15) is 0 Å². The topological polar surface area (TPSA) is 30.7 Å². The quantitative estimate of drug-likeness (QED) is 0.709. The monoisotopic (exact) mass is 207 g/mol. The molecule has 1 fully saturated rings. The van der Waals surface area contributed by atoms with Crippen LogP contribution in [0.4, 0.5) is 0 Å². The van der Waals surface area contributed by atoms with Crippen molar-refractivity contribution < 1.29 is 0 Å². The Kier molecular flexibility index (Phi) is 1.74. The molecule has 1 saturated carbocycles. The molecule has 2 aromatic heterocycles. The normalized spacial score (nSPS) is 16.4. The van der Waals surface area contributed by atoms with Crippen LogP contribution in [0.25, 0.3) is 11.0 Å². The molecule has 2 heterocycles. The van der Waals surface area contributed by atoms with Gasteiger partial charge in [0.25, 0.3) is 0 Å². The second-order valence-electron chi connectivity index (χ2n) is 3.81. The fourth-order valence-corrected chi connectivity index (χ4v) is 1.97. The molecule has 0 spiro atoms. The minimum absolute atomic E-state index is 0.556. The second kappa shape index (κ2) is 2.95. The van der Waals surface area contributed by atoms with E-state index in [0.29, 0.717) is 5.15 Å². The largest absolute Gasteiger partial charge is 0.343 e. The van der Waals surface area contributed by atoms with Crippen molar-refractivity contribution in [3.05, 3.63) is 23.7 Å². The summed E-state index contributed by atoms with van der Waals surface area (Å²) in [6, 6.07) is 1.99. The van der Waals surface area contributed by atoms with Crippen LogP contribution in [-0.2, 0) is 6.54 Å². The molecule has 0 amide bonds. The van der Waals surface area contributed by atoms with E-state index in [-0.39, 0.29) is 0 Å². The molecule has 4 heteroatoms. The number of fused-ring (bicyclic) bond motifs is 1. The van der Waals surface area contributed by atoms with Gasteiger partial charge in [0.1, 0.15) is 11.8 Å². The Labute approximate surface area is 86.7 Å². The Morgan fingerprint density at radius 2 is 2.29 bits per heavy atom. The predicted molar refractivity (Wildman–Crippen MR) is 55.3 cm³/mol. The molecular formula is C10H10ClN3. The fourth-order valence-electron chi connectivity index (χ4n) is 1.72. The molecule has 2 aromatic rings. The first kappa shape index (κ1) is 8.24. The van der Waals surface area contributed by atoms with Crippen LogP contribution in [-0.4, -0.2) is 14.5 Å². The zero-order valence-corrected chi connectivity index (χ0v) is 8.41. The van der Waals surface area contributed by atoms with Gasteiger partial charge in [0.05, 0.1) is 5.52 Å². The predicted octanol–water partition coefficient (Wildman–Crippen LogP) is 2.49. The van der Waals surface area contributed by atoms with Gasteiger partial charge in [-0.3, -0.25) is 0 Å². The molecule has 1 aliphatic carbocycles. The number of hydrogen-bond acceptors (Lipinski definition) is 2. The summed E-state index contributed by atoms with van der Waals surface area (Å²) in [5, 5.41) is 0.556. The summed E-state index contributed by atoms with van der Waals surface area (Å²) in [5.74, 6) is 0.835. The average molecular weight is 208 g/mol. The Balaban J connectivity index is 2.13. The van der Waals surface area contributed by atoms with Crippen LogP contribution in [0.5, 0.6) is 0 Å². The molecular weight excluding hydrogens is 198 g/mol. The minimum Gasteiger partial charge on any atom is -0.343 e. The summed E-state index contributed by atoms with van der Waals surface area (Å²) in [7, 11) is 0. The standard InChI is InChI=1S/C10H10ClN3/c11-10-9-8(12-6-13-10)3-4-14(9)5-7-1-2-7/h3-4,6-7H,1-2,5H2. The lowest BCUT2D eigenvalue weighted by Crippen LogP contribution is -1.98. The Hall–Kier alpha value is -1.09. The molecule has 72 valence electrons. The van der Waals surface area contributed by atoms with Crippen molar-refractivity contribution in [1.29, 1.82) is 0 Å². The van der Waals surface area contributed by atoms with Crippen molar-refractivity contribution in [3.63, 3.8) is 0 Å². The lowest BCUT2D eigenvalue weighted by molar-refractivity contribution is 0.646. The van der Waals surface area contributed by atoms with Crippen LogP contribution >= 0.6 is 11.6 Å². The summed E-state index contributed by atoms with van der Waals surface area (Å²) in [5.41, 5.74) is 1.91. The van der Waals surface area contributed by atoms with Crippen LogP contribution in [0, 0.1) is 5.92 Å². The first-order chi connectivity index (χ1) is 6.84. The van der Waals surface area contributed by atoms with E-state index in [2.05, 4.69) is 14.5 Å². The van der Waals surface area contributed by atoms with E-state index in [1.54, 1.807) is 0 Å². The SMILES string of the molecule is Clc1ncnc2ccn(CC3CC3)c12. The minimum atomic E-state index is 0.556. The molecule has 3 rings (SSSR count). The summed E-state index contributed by atoms with van der Waals surface area (Å²) < 4.78 is 2.16. The summed E-state index contributed by atoms with van der Waals surface area (Å²) >= 11 is 6.04. The smallest absolute Gasteiger partial charge is 0.156 e. The Morgan fingerprint density at radius 3 is 3.07 bits per heavy atom. The molecule has 0 atom stereocenters. The van der Waals surface area contributed by atoms with Crippen molar-refractivity contribution in [2.45, 2.75) is 19.4 Å². The summed E-state index contributed by atoms with van der Waals surface area (Å²) in [6.45, 7) is 1.05. The molecule has 0 radical (unpaired) electrons. The van der Waals surface area contributed by atoms with Gasteiger partial charge >= 0.3 is 0 Å². The lowest BCUT2D eigenvalue weighted by Gasteiger charge is -2.03. The van der Waals surface area contributed by atoms with Crippen LogP contribution in [0.2, 0.25) is 5.15 Å². The van der Waals surface area contributed by atoms with Gasteiger partial charge in [-0.1, -0.05) is 11.6 Å². The van der Waals surface area contributed by atoms with Gasteiger partial charge in [-0.25, -0.2) is 9.97 Å². The van der Waals surface area contributed by atoms with Gasteiger partial charge in [0.15, 0.2) is 5.15 Å². The van der Waals surface area contributed by atoms with Gasteiger partial charge in [0, 0.05) is 12.7 Å². The highest BCUT2D eigenvalue weighted by atomic mass is 35.5. The van der Waals surface area contributed by atoms with Gasteiger partial charge < -0.3 is 4.57 Å². The van der Waals surface area contributed by atoms with Crippen LogP contribution in [0.3, 0.4) is 0 Å². The van der Waals surface area contributed by atoms with Gasteiger partial charge in [-0.05, 0) is 24.8 Å². The van der Waals surface area contributed by atoms with Crippen molar-refractivity contribution in [3.8, 4) is 0 Å². The fraction of sp³-hybridized carbons (Fsp3) is 0.400. The number of halogens is 1. The van der Waals surface area contributed by atoms with Crippen molar-refractivity contribution >= 4 is 22.6 Å². The third kappa shape index (κ3) is 1.28. The molecule has 0 bridgehead atoms. The highest BCUT2D eigenvalue weighted by molar-refractivity contribution is 6.33. The molecule has 1 aliphatic rings. The van der Waals surface area contributed by atoms with Crippen LogP contribution in [0.15, 0.2) is 18.6 Å². The van der Waals surface area contributed by atoms with Crippen molar-refractivity contribution in [1.82, 2.24) is 14.5 Å². The highest BCUT2D eigenvalue weighted by Crippen LogP contribution is 2.32. The average Bonchev–Trinajstić information content (AvgIpc) is 2.88. The molecule has 0 N–H and O–H groups in total. The van der Waals surface area contributed by atoms with Gasteiger partial charge in [-0.15, -0.1) is 0 Å². The zero-order chi connectivity index (χ0) is 9.54. The van der Waals surface area contributed by atoms with E-state index < -0.39 is 0 Å². The van der Waals surface area contributed by atoms with Gasteiger partial charge in [0.2, 0.25) is 0 Å². The third-order valence-corrected chi connectivity index (χ3v) is 2.93. The number of nitrogens with zero attached hydrogens (tertiary/aromatic N) is 3. The maximum Gasteiger partial charge on any atom is 0.156 e. The first-order valence-corrected chi connectivity index (χ1v) is 5.18. The van der Waals surface area contributed by atoms with E-state index in [0.717, 1.165) is 23.5 Å². The van der Waals surface area contributed by atoms with Crippen LogP contribution in [0.1, 0.15) is 12.8 Å². The maximum atomic E-state index is 6.04. The molecule has 3 nitrogen and oxygen atoms in total. The van der Waals surface area contributed by atoms with E-state index in [4.69, 9.17) is 11.6 Å². The number of aromatic nitrogens is 3. The summed E-state index contributed by atoms with van der Waals surface area (Å²) in [4.78, 5) is 8.18. The first-order valence-electron chi connectivity index (χ1n) is 4.80. The summed E-state index contributed by atoms with van der Waals surface area (Å²) in [6.07, 6.45) is 6.23. The number of rotatable bonds is 2.